The average Bonchev–Trinajstić information content (AvgIpc) is 3.42. The molecule has 0 radical (unpaired) electrons. The first-order chi connectivity index (χ1) is 26.1. The Morgan fingerprint density at radius 2 is 1.61 bits per heavy atom. The zero-order valence-electron chi connectivity index (χ0n) is 30.5. The Kier molecular flexibility index (Phi) is 9.55. The van der Waals surface area contributed by atoms with Gasteiger partial charge in [0.2, 0.25) is 0 Å². The maximum atomic E-state index is 14.5. The van der Waals surface area contributed by atoms with E-state index in [2.05, 4.69) is 25.3 Å². The number of benzene rings is 4. The minimum Gasteiger partial charge on any atom is -0.458 e. The molecule has 54 heavy (non-hydrogen) atoms. The summed E-state index contributed by atoms with van der Waals surface area (Å²) >= 11 is 0. The van der Waals surface area contributed by atoms with Crippen LogP contribution in [0.5, 0.6) is 5.75 Å². The van der Waals surface area contributed by atoms with Gasteiger partial charge < -0.3 is 28.4 Å². The topological polar surface area (TPSA) is 119 Å². The number of amides is 2. The molecular formula is C43H39N3O8. The van der Waals surface area contributed by atoms with E-state index in [-0.39, 0.29) is 41.4 Å². The zero-order valence-corrected chi connectivity index (χ0v) is 30.5. The molecule has 3 heterocycles. The van der Waals surface area contributed by atoms with Gasteiger partial charge in [0.25, 0.3) is 5.91 Å². The molecule has 0 aliphatic carbocycles. The molecule has 2 aliphatic rings. The Morgan fingerprint density at radius 3 is 2.33 bits per heavy atom. The van der Waals surface area contributed by atoms with Crippen molar-refractivity contribution in [2.24, 2.45) is 0 Å². The molecule has 0 N–H and O–H groups in total. The van der Waals surface area contributed by atoms with Gasteiger partial charge in [0.1, 0.15) is 41.4 Å². The van der Waals surface area contributed by atoms with E-state index in [0.29, 0.717) is 27.7 Å². The van der Waals surface area contributed by atoms with Crippen LogP contribution in [-0.2, 0) is 21.6 Å². The van der Waals surface area contributed by atoms with Gasteiger partial charge >= 0.3 is 17.7 Å². The highest BCUT2D eigenvalue weighted by molar-refractivity contribution is 6.10. The van der Waals surface area contributed by atoms with Gasteiger partial charge in [-0.1, -0.05) is 49.1 Å². The Bertz CT molecular complexity index is 2400. The highest BCUT2D eigenvalue weighted by Crippen LogP contribution is 2.53. The van der Waals surface area contributed by atoms with Crippen molar-refractivity contribution in [1.29, 1.82) is 0 Å². The van der Waals surface area contributed by atoms with Crippen LogP contribution in [-0.4, -0.2) is 56.7 Å². The average molecular weight is 726 g/mol. The minimum atomic E-state index is -1.74. The third-order valence-corrected chi connectivity index (χ3v) is 9.74. The second kappa shape index (κ2) is 14.4. The van der Waals surface area contributed by atoms with Crippen LogP contribution in [0.1, 0.15) is 56.8 Å². The maximum absolute atomic E-state index is 14.5. The predicted molar refractivity (Wildman–Crippen MR) is 206 cm³/mol. The van der Waals surface area contributed by atoms with Gasteiger partial charge in [-0.25, -0.2) is 19.3 Å². The van der Waals surface area contributed by atoms with Crippen molar-refractivity contribution in [2.75, 3.05) is 43.6 Å². The van der Waals surface area contributed by atoms with Crippen LogP contribution in [0.25, 0.3) is 16.7 Å². The first-order valence-corrected chi connectivity index (χ1v) is 17.6. The monoisotopic (exact) mass is 725 g/mol. The first kappa shape index (κ1) is 35.8. The lowest BCUT2D eigenvalue weighted by molar-refractivity contribution is 0.0537. The Balaban J connectivity index is 1.46. The molecule has 2 aliphatic heterocycles. The van der Waals surface area contributed by atoms with Gasteiger partial charge in [0, 0.05) is 72.8 Å². The van der Waals surface area contributed by atoms with Crippen LogP contribution in [0.3, 0.4) is 0 Å². The summed E-state index contributed by atoms with van der Waals surface area (Å²) < 4.78 is 23.6. The molecule has 1 aromatic heterocycles. The van der Waals surface area contributed by atoms with Crippen LogP contribution < -0.4 is 20.2 Å². The second-order valence-electron chi connectivity index (χ2n) is 13.1. The van der Waals surface area contributed by atoms with Gasteiger partial charge in [-0.05, 0) is 68.0 Å². The van der Waals surface area contributed by atoms with E-state index >= 15 is 0 Å². The number of imide groups is 1. The van der Waals surface area contributed by atoms with Gasteiger partial charge in [0.15, 0.2) is 0 Å². The Labute approximate surface area is 312 Å². The third-order valence-electron chi connectivity index (χ3n) is 9.74. The quantitative estimate of drug-likeness (QED) is 0.0813. The largest absolute Gasteiger partial charge is 0.458 e. The van der Waals surface area contributed by atoms with Crippen molar-refractivity contribution in [3.63, 3.8) is 0 Å². The number of carbonyl (C=O) groups is 3. The van der Waals surface area contributed by atoms with Crippen molar-refractivity contribution in [3.05, 3.63) is 154 Å². The number of hydrogen-bond donors (Lipinski definition) is 0. The highest BCUT2D eigenvalue weighted by Gasteiger charge is 2.57. The van der Waals surface area contributed by atoms with E-state index < -0.39 is 29.1 Å². The predicted octanol–water partition coefficient (Wildman–Crippen LogP) is 7.52. The lowest BCUT2D eigenvalue weighted by atomic mass is 9.79. The number of nitrogens with zero attached hydrogens (tertiary/aromatic N) is 3. The summed E-state index contributed by atoms with van der Waals surface area (Å²) in [5, 5.41) is 0.640. The summed E-state index contributed by atoms with van der Waals surface area (Å²) in [5.74, 6) is -0.993. The number of esters is 1. The molecule has 0 fully saturated rings. The van der Waals surface area contributed by atoms with E-state index in [1.54, 1.807) is 36.4 Å². The molecule has 4 aromatic carbocycles. The number of carbonyl (C=O) groups excluding carboxylic acids is 3. The molecule has 1 spiro atoms. The lowest BCUT2D eigenvalue weighted by Crippen LogP contribution is -2.49. The molecule has 11 heteroatoms. The van der Waals surface area contributed by atoms with Gasteiger partial charge in [-0.2, -0.15) is 0 Å². The van der Waals surface area contributed by atoms with Crippen molar-refractivity contribution >= 4 is 46.1 Å². The zero-order chi connectivity index (χ0) is 38.1. The first-order valence-electron chi connectivity index (χ1n) is 17.6. The smallest absolute Gasteiger partial charge is 0.418 e. The minimum absolute atomic E-state index is 0.0277. The molecule has 7 rings (SSSR count). The SMILES string of the molecule is C=CCOC(=O)c1ccc2c(c1)C1(C=C(c3cc4ccc(N(CC)CC)cc4oc3=O)Oc3cc(N(C)C)ccc31)N(C(=O)OCc1ccccc1)C2=O. The fraction of sp³-hybridized carbons (Fsp3) is 0.209. The van der Waals surface area contributed by atoms with Crippen LogP contribution in [0, 0.1) is 0 Å². The van der Waals surface area contributed by atoms with Crippen LogP contribution in [0.15, 0.2) is 119 Å². The fourth-order valence-electron chi connectivity index (χ4n) is 7.00. The number of anilines is 2. The summed E-state index contributed by atoms with van der Waals surface area (Å²) in [6, 6.07) is 26.3. The van der Waals surface area contributed by atoms with Gasteiger partial charge in [0.05, 0.1) is 5.56 Å². The molecule has 1 unspecified atom stereocenters. The molecule has 0 saturated carbocycles. The van der Waals surface area contributed by atoms with E-state index in [4.69, 9.17) is 18.6 Å². The van der Waals surface area contributed by atoms with E-state index in [0.717, 1.165) is 29.4 Å². The summed E-state index contributed by atoms with van der Waals surface area (Å²) in [4.78, 5) is 61.0. The third kappa shape index (κ3) is 6.17. The summed E-state index contributed by atoms with van der Waals surface area (Å²) in [6.07, 6.45) is 2.07. The molecule has 2 amide bonds. The number of ether oxygens (including phenoxy) is 3. The fourth-order valence-corrected chi connectivity index (χ4v) is 7.00. The molecule has 1 atom stereocenters. The number of hydrogen-bond acceptors (Lipinski definition) is 10. The van der Waals surface area contributed by atoms with Crippen LogP contribution in [0.4, 0.5) is 16.2 Å². The molecular weight excluding hydrogens is 686 g/mol. The van der Waals surface area contributed by atoms with Crippen molar-refractivity contribution in [3.8, 4) is 5.75 Å². The highest BCUT2D eigenvalue weighted by atomic mass is 16.6. The molecule has 274 valence electrons. The van der Waals surface area contributed by atoms with Gasteiger partial charge in [-0.3, -0.25) is 4.79 Å². The maximum Gasteiger partial charge on any atom is 0.418 e. The normalized spacial score (nSPS) is 15.6. The molecule has 0 saturated heterocycles. The summed E-state index contributed by atoms with van der Waals surface area (Å²) in [5.41, 5.74) is 1.42. The van der Waals surface area contributed by atoms with Crippen LogP contribution in [0.2, 0.25) is 0 Å². The number of rotatable bonds is 10. The van der Waals surface area contributed by atoms with E-state index in [1.807, 2.05) is 61.5 Å². The standard InChI is InChI=1S/C43H39N3O8/c1-6-20-51-40(48)29-15-18-32-35(22-29)43(46(39(32)47)42(50)52-26-27-12-10-9-11-13-27)25-38(53-37-23-30(44(4)5)17-19-34(37)43)33-21-28-14-16-31(45(7-2)8-3)24-36(28)54-41(33)49/h6,9-19,21-25H,1,7-8,20,26H2,2-5H3. The van der Waals surface area contributed by atoms with E-state index in [1.165, 1.54) is 24.3 Å². The van der Waals surface area contributed by atoms with Crippen molar-refractivity contribution in [1.82, 2.24) is 4.90 Å². The lowest BCUT2D eigenvalue weighted by Gasteiger charge is -2.39. The van der Waals surface area contributed by atoms with E-state index in [9.17, 15) is 19.2 Å². The van der Waals surface area contributed by atoms with Gasteiger partial charge in [-0.15, -0.1) is 0 Å². The summed E-state index contributed by atoms with van der Waals surface area (Å²) in [6.45, 7) is 9.13. The molecule has 0 bridgehead atoms. The van der Waals surface area contributed by atoms with Crippen molar-refractivity contribution in [2.45, 2.75) is 26.0 Å². The van der Waals surface area contributed by atoms with Crippen molar-refractivity contribution < 1.29 is 33.0 Å². The summed E-state index contributed by atoms with van der Waals surface area (Å²) in [7, 11) is 3.73. The Morgan fingerprint density at radius 1 is 0.852 bits per heavy atom. The van der Waals surface area contributed by atoms with Crippen LogP contribution >= 0.6 is 0 Å². The molecule has 5 aromatic rings. The molecule has 11 nitrogen and oxygen atoms in total. The number of fused-ring (bicyclic) bond motifs is 5. The second-order valence-corrected chi connectivity index (χ2v) is 13.1. The Hall–Kier alpha value is -6.62.